The van der Waals surface area contributed by atoms with Gasteiger partial charge in [0.05, 0.1) is 26.2 Å². The highest BCUT2D eigenvalue weighted by atomic mass is 16.5. The molecule has 0 radical (unpaired) electrons. The Morgan fingerprint density at radius 2 is 1.60 bits per heavy atom. The maximum atomic E-state index is 12.3. The van der Waals surface area contributed by atoms with E-state index >= 15 is 0 Å². The van der Waals surface area contributed by atoms with Gasteiger partial charge in [-0.3, -0.25) is 4.79 Å². The fourth-order valence-electron chi connectivity index (χ4n) is 3.73. The summed E-state index contributed by atoms with van der Waals surface area (Å²) in [6, 6.07) is 25.6. The average Bonchev–Trinajstić information content (AvgIpc) is 3.34. The van der Waals surface area contributed by atoms with Gasteiger partial charge in [0, 0.05) is 7.05 Å². The highest BCUT2D eigenvalue weighted by Crippen LogP contribution is 2.21. The highest BCUT2D eigenvalue weighted by Gasteiger charge is 2.20. The molecule has 0 aliphatic rings. The molecule has 0 saturated carbocycles. The molecule has 1 atom stereocenters. The van der Waals surface area contributed by atoms with E-state index in [0.717, 1.165) is 28.2 Å². The van der Waals surface area contributed by atoms with E-state index < -0.39 is 0 Å². The lowest BCUT2D eigenvalue weighted by Gasteiger charge is -2.16. The van der Waals surface area contributed by atoms with Crippen LogP contribution in [-0.4, -0.2) is 44.9 Å². The smallest absolute Gasteiger partial charge is 0.309 e. The maximum absolute atomic E-state index is 12.3. The molecule has 0 aliphatic carbocycles. The molecule has 1 unspecified atom stereocenters. The van der Waals surface area contributed by atoms with E-state index in [-0.39, 0.29) is 11.9 Å². The van der Waals surface area contributed by atoms with Crippen molar-refractivity contribution in [3.05, 3.63) is 84.4 Å². The van der Waals surface area contributed by atoms with Crippen molar-refractivity contribution < 1.29 is 23.4 Å². The van der Waals surface area contributed by atoms with Gasteiger partial charge in [-0.25, -0.2) is 0 Å². The topological polar surface area (TPSA) is 74.0 Å². The number of oxazole rings is 1. The molecule has 0 N–H and O–H groups in total. The molecule has 0 saturated heterocycles. The summed E-state index contributed by atoms with van der Waals surface area (Å²) in [5.41, 5.74) is 2.64. The molecule has 7 nitrogen and oxygen atoms in total. The van der Waals surface area contributed by atoms with Crippen LogP contribution in [0.25, 0.3) is 11.1 Å². The van der Waals surface area contributed by atoms with Crippen LogP contribution >= 0.6 is 0 Å². The van der Waals surface area contributed by atoms with Crippen molar-refractivity contribution in [2.24, 2.45) is 5.92 Å². The van der Waals surface area contributed by atoms with Crippen molar-refractivity contribution in [2.75, 3.05) is 38.8 Å². The first kappa shape index (κ1) is 24.1. The van der Waals surface area contributed by atoms with Crippen LogP contribution in [0.15, 0.2) is 83.3 Å². The SMILES string of the molecule is COC(=O)C(CCOc1ccccc1)Cc1ccc(OCCN(C)c2nc3ccccc3o2)cc1. The van der Waals surface area contributed by atoms with E-state index in [9.17, 15) is 4.79 Å². The Hall–Kier alpha value is -4.00. The fraction of sp³-hybridized carbons (Fsp3) is 0.286. The molecule has 4 aromatic rings. The Kier molecular flexibility index (Phi) is 8.22. The summed E-state index contributed by atoms with van der Waals surface area (Å²) in [7, 11) is 3.34. The second-order valence-electron chi connectivity index (χ2n) is 8.25. The summed E-state index contributed by atoms with van der Waals surface area (Å²) in [6.07, 6.45) is 1.15. The molecule has 0 fully saturated rings. The molecule has 0 spiro atoms. The first-order valence-electron chi connectivity index (χ1n) is 11.7. The third kappa shape index (κ3) is 6.76. The number of fused-ring (bicyclic) bond motifs is 1. The molecule has 7 heteroatoms. The minimum atomic E-state index is -0.277. The van der Waals surface area contributed by atoms with Gasteiger partial charge in [-0.1, -0.05) is 42.5 Å². The van der Waals surface area contributed by atoms with Gasteiger partial charge < -0.3 is 23.5 Å². The van der Waals surface area contributed by atoms with E-state index in [1.54, 1.807) is 0 Å². The Bertz CT molecular complexity index is 1170. The number of ether oxygens (including phenoxy) is 3. The zero-order valence-corrected chi connectivity index (χ0v) is 20.1. The number of rotatable bonds is 12. The lowest BCUT2D eigenvalue weighted by molar-refractivity contribution is -0.145. The summed E-state index contributed by atoms with van der Waals surface area (Å²) >= 11 is 0. The number of carbonyl (C=O) groups excluding carboxylic acids is 1. The number of para-hydroxylation sites is 3. The summed E-state index contributed by atoms with van der Waals surface area (Å²) in [5.74, 6) is 1.05. The van der Waals surface area contributed by atoms with Crippen LogP contribution in [0.2, 0.25) is 0 Å². The van der Waals surface area contributed by atoms with E-state index in [1.165, 1.54) is 7.11 Å². The molecule has 182 valence electrons. The standard InChI is InChI=1S/C28H30N2O5/c1-30(28-29-25-10-6-7-11-26(25)35-28)17-19-34-24-14-12-21(13-15-24)20-22(27(31)32-2)16-18-33-23-8-4-3-5-9-23/h3-15,22H,16-20H2,1-2H3. The molecule has 4 rings (SSSR count). The third-order valence-corrected chi connectivity index (χ3v) is 5.72. The molecule has 0 amide bonds. The number of hydrogen-bond donors (Lipinski definition) is 0. The van der Waals surface area contributed by atoms with Crippen molar-refractivity contribution in [1.29, 1.82) is 0 Å². The van der Waals surface area contributed by atoms with Gasteiger partial charge in [0.2, 0.25) is 0 Å². The number of likely N-dealkylation sites (N-methyl/N-ethyl adjacent to an activating group) is 1. The van der Waals surface area contributed by atoms with Crippen LogP contribution in [-0.2, 0) is 16.0 Å². The fourth-order valence-corrected chi connectivity index (χ4v) is 3.73. The van der Waals surface area contributed by atoms with E-state index in [4.69, 9.17) is 18.6 Å². The van der Waals surface area contributed by atoms with Crippen molar-refractivity contribution in [2.45, 2.75) is 12.8 Å². The molecular weight excluding hydrogens is 444 g/mol. The zero-order chi connectivity index (χ0) is 24.5. The van der Waals surface area contributed by atoms with Crippen LogP contribution in [0.3, 0.4) is 0 Å². The molecule has 1 heterocycles. The number of carbonyl (C=O) groups is 1. The van der Waals surface area contributed by atoms with Crippen LogP contribution < -0.4 is 14.4 Å². The van der Waals surface area contributed by atoms with Gasteiger partial charge >= 0.3 is 5.97 Å². The van der Waals surface area contributed by atoms with Gasteiger partial charge in [-0.05, 0) is 54.8 Å². The van der Waals surface area contributed by atoms with Gasteiger partial charge in [0.1, 0.15) is 23.6 Å². The Labute approximate surface area is 205 Å². The number of anilines is 1. The number of hydrogen-bond acceptors (Lipinski definition) is 7. The van der Waals surface area contributed by atoms with Gasteiger partial charge in [0.25, 0.3) is 6.01 Å². The molecule has 3 aromatic carbocycles. The lowest BCUT2D eigenvalue weighted by Crippen LogP contribution is -2.24. The predicted octanol–water partition coefficient (Wildman–Crippen LogP) is 5.14. The van der Waals surface area contributed by atoms with Crippen molar-refractivity contribution in [3.8, 4) is 11.5 Å². The minimum absolute atomic E-state index is 0.232. The summed E-state index contributed by atoms with van der Waals surface area (Å²) in [5, 5.41) is 0. The molecule has 0 aliphatic heterocycles. The average molecular weight is 475 g/mol. The van der Waals surface area contributed by atoms with Crippen molar-refractivity contribution >= 4 is 23.1 Å². The number of benzene rings is 3. The summed E-state index contributed by atoms with van der Waals surface area (Å²) < 4.78 is 22.4. The van der Waals surface area contributed by atoms with Gasteiger partial charge in [-0.2, -0.15) is 4.98 Å². The lowest BCUT2D eigenvalue weighted by atomic mass is 9.96. The molecule has 0 bridgehead atoms. The van der Waals surface area contributed by atoms with Crippen LogP contribution in [0.1, 0.15) is 12.0 Å². The Balaban J connectivity index is 1.25. The second-order valence-corrected chi connectivity index (χ2v) is 8.25. The van der Waals surface area contributed by atoms with Crippen molar-refractivity contribution in [1.82, 2.24) is 4.98 Å². The first-order chi connectivity index (χ1) is 17.1. The highest BCUT2D eigenvalue weighted by molar-refractivity contribution is 5.74. The molecular formula is C28H30N2O5. The van der Waals surface area contributed by atoms with Gasteiger partial charge in [0.15, 0.2) is 5.58 Å². The quantitative estimate of drug-likeness (QED) is 0.263. The minimum Gasteiger partial charge on any atom is -0.494 e. The first-order valence-corrected chi connectivity index (χ1v) is 11.7. The number of esters is 1. The second kappa shape index (κ2) is 11.9. The van der Waals surface area contributed by atoms with E-state index in [2.05, 4.69) is 4.98 Å². The third-order valence-electron chi connectivity index (χ3n) is 5.72. The zero-order valence-electron chi connectivity index (χ0n) is 20.1. The Morgan fingerprint density at radius 3 is 2.34 bits per heavy atom. The number of nitrogens with zero attached hydrogens (tertiary/aromatic N) is 2. The van der Waals surface area contributed by atoms with Crippen LogP contribution in [0.4, 0.5) is 6.01 Å². The van der Waals surface area contributed by atoms with Crippen LogP contribution in [0.5, 0.6) is 11.5 Å². The monoisotopic (exact) mass is 474 g/mol. The Morgan fingerprint density at radius 1 is 0.914 bits per heavy atom. The maximum Gasteiger partial charge on any atom is 0.309 e. The normalized spacial score (nSPS) is 11.7. The molecule has 35 heavy (non-hydrogen) atoms. The van der Waals surface area contributed by atoms with E-state index in [0.29, 0.717) is 38.6 Å². The van der Waals surface area contributed by atoms with Gasteiger partial charge in [-0.15, -0.1) is 0 Å². The largest absolute Gasteiger partial charge is 0.494 e. The molecule has 1 aromatic heterocycles. The summed E-state index contributed by atoms with van der Waals surface area (Å²) in [4.78, 5) is 18.7. The van der Waals surface area contributed by atoms with Crippen molar-refractivity contribution in [3.63, 3.8) is 0 Å². The van der Waals surface area contributed by atoms with E-state index in [1.807, 2.05) is 90.8 Å². The summed E-state index contributed by atoms with van der Waals surface area (Å²) in [6.45, 7) is 1.55. The predicted molar refractivity (Wildman–Crippen MR) is 135 cm³/mol. The van der Waals surface area contributed by atoms with Crippen LogP contribution in [0, 0.1) is 5.92 Å². The number of aromatic nitrogens is 1. The number of methoxy groups -OCH3 is 1.